The molecule has 1 N–H and O–H groups in total. The fourth-order valence-electron chi connectivity index (χ4n) is 4.59. The molecule has 1 aliphatic rings. The van der Waals surface area contributed by atoms with E-state index in [1.807, 2.05) is 19.9 Å². The molecular formula is C29H38F2N2O5. The lowest BCUT2D eigenvalue weighted by Crippen LogP contribution is -2.47. The van der Waals surface area contributed by atoms with Crippen LogP contribution in [0.15, 0.2) is 30.3 Å². The molecule has 3 rings (SSSR count). The summed E-state index contributed by atoms with van der Waals surface area (Å²) in [6.07, 6.45) is -0.158. The van der Waals surface area contributed by atoms with Crippen LogP contribution in [0.4, 0.5) is 19.3 Å². The molecule has 1 atom stereocenters. The highest BCUT2D eigenvalue weighted by molar-refractivity contribution is 5.98. The monoisotopic (exact) mass is 532 g/mol. The SMILES string of the molecule is CCOCC(C)(C)c1c(F)cc(NC(=O)[C@H]2c3ccc(OCC)cc3CCN2C(=O)OC(C)(C)C)cc1F. The molecular weight excluding hydrogens is 494 g/mol. The van der Waals surface area contributed by atoms with Gasteiger partial charge in [0.1, 0.15) is 29.0 Å². The summed E-state index contributed by atoms with van der Waals surface area (Å²) in [6.45, 7) is 13.6. The minimum Gasteiger partial charge on any atom is -0.494 e. The Labute approximate surface area is 223 Å². The molecule has 0 saturated carbocycles. The van der Waals surface area contributed by atoms with Crippen molar-refractivity contribution in [3.63, 3.8) is 0 Å². The van der Waals surface area contributed by atoms with Gasteiger partial charge in [0.25, 0.3) is 5.91 Å². The van der Waals surface area contributed by atoms with Gasteiger partial charge in [-0.2, -0.15) is 0 Å². The normalized spacial score (nSPS) is 15.6. The fourth-order valence-corrected chi connectivity index (χ4v) is 4.59. The van der Waals surface area contributed by atoms with Crippen LogP contribution >= 0.6 is 0 Å². The highest BCUT2D eigenvalue weighted by Gasteiger charge is 2.39. The number of halogens is 2. The molecule has 1 heterocycles. The minimum absolute atomic E-state index is 0.0526. The van der Waals surface area contributed by atoms with E-state index in [1.54, 1.807) is 46.8 Å². The summed E-state index contributed by atoms with van der Waals surface area (Å²) in [5, 5.41) is 2.61. The lowest BCUT2D eigenvalue weighted by molar-refractivity contribution is -0.122. The second-order valence-corrected chi connectivity index (χ2v) is 10.9. The van der Waals surface area contributed by atoms with Crippen molar-refractivity contribution in [3.8, 4) is 5.75 Å². The Kier molecular flexibility index (Phi) is 9.02. The smallest absolute Gasteiger partial charge is 0.411 e. The highest BCUT2D eigenvalue weighted by Crippen LogP contribution is 2.35. The number of ether oxygens (including phenoxy) is 3. The van der Waals surface area contributed by atoms with Gasteiger partial charge in [-0.3, -0.25) is 9.69 Å². The molecule has 0 spiro atoms. The van der Waals surface area contributed by atoms with E-state index in [4.69, 9.17) is 14.2 Å². The van der Waals surface area contributed by atoms with E-state index < -0.39 is 40.7 Å². The number of hydrogen-bond acceptors (Lipinski definition) is 5. The van der Waals surface area contributed by atoms with Gasteiger partial charge in [-0.25, -0.2) is 13.6 Å². The van der Waals surface area contributed by atoms with E-state index in [0.717, 1.165) is 17.7 Å². The number of carbonyl (C=O) groups excluding carboxylic acids is 2. The van der Waals surface area contributed by atoms with Gasteiger partial charge >= 0.3 is 6.09 Å². The average Bonchev–Trinajstić information content (AvgIpc) is 2.80. The van der Waals surface area contributed by atoms with Crippen LogP contribution in [-0.2, 0) is 26.1 Å². The molecule has 0 fully saturated rings. The first-order valence-electron chi connectivity index (χ1n) is 12.9. The molecule has 7 nitrogen and oxygen atoms in total. The third-order valence-corrected chi connectivity index (χ3v) is 6.18. The number of hydrogen-bond donors (Lipinski definition) is 1. The largest absolute Gasteiger partial charge is 0.494 e. The molecule has 9 heteroatoms. The van der Waals surface area contributed by atoms with E-state index >= 15 is 8.78 Å². The third kappa shape index (κ3) is 6.81. The van der Waals surface area contributed by atoms with E-state index in [1.165, 1.54) is 4.90 Å². The van der Waals surface area contributed by atoms with Gasteiger partial charge < -0.3 is 19.5 Å². The number of anilines is 1. The summed E-state index contributed by atoms with van der Waals surface area (Å²) < 4.78 is 46.8. The predicted octanol–water partition coefficient (Wildman–Crippen LogP) is 6.15. The average molecular weight is 533 g/mol. The van der Waals surface area contributed by atoms with Crippen molar-refractivity contribution in [3.05, 3.63) is 58.7 Å². The Morgan fingerprint density at radius 3 is 2.26 bits per heavy atom. The molecule has 1 aliphatic heterocycles. The molecule has 0 aromatic heterocycles. The predicted molar refractivity (Wildman–Crippen MR) is 142 cm³/mol. The van der Waals surface area contributed by atoms with Crippen molar-refractivity contribution in [2.24, 2.45) is 0 Å². The number of fused-ring (bicyclic) bond motifs is 1. The summed E-state index contributed by atoms with van der Waals surface area (Å²) in [7, 11) is 0. The van der Waals surface area contributed by atoms with Crippen LogP contribution in [0.1, 0.15) is 71.2 Å². The third-order valence-electron chi connectivity index (χ3n) is 6.18. The Balaban J connectivity index is 1.96. The van der Waals surface area contributed by atoms with Crippen LogP contribution in [-0.4, -0.2) is 48.9 Å². The Hall–Kier alpha value is -3.20. The first-order valence-corrected chi connectivity index (χ1v) is 12.9. The lowest BCUT2D eigenvalue weighted by Gasteiger charge is -2.37. The highest BCUT2D eigenvalue weighted by atomic mass is 19.1. The van der Waals surface area contributed by atoms with Crippen LogP contribution in [0.3, 0.4) is 0 Å². The van der Waals surface area contributed by atoms with E-state index in [9.17, 15) is 9.59 Å². The van der Waals surface area contributed by atoms with Crippen molar-refractivity contribution in [2.75, 3.05) is 31.7 Å². The fraction of sp³-hybridized carbons (Fsp3) is 0.517. The lowest BCUT2D eigenvalue weighted by atomic mass is 9.84. The number of benzene rings is 2. The van der Waals surface area contributed by atoms with Gasteiger partial charge in [0, 0.05) is 29.8 Å². The topological polar surface area (TPSA) is 77.1 Å². The second kappa shape index (κ2) is 11.7. The van der Waals surface area contributed by atoms with Gasteiger partial charge in [0.05, 0.1) is 13.2 Å². The molecule has 0 saturated heterocycles. The van der Waals surface area contributed by atoms with Crippen LogP contribution in [0.2, 0.25) is 0 Å². The van der Waals surface area contributed by atoms with Crippen LogP contribution in [0.5, 0.6) is 5.75 Å². The van der Waals surface area contributed by atoms with Crippen molar-refractivity contribution in [2.45, 2.75) is 71.9 Å². The molecule has 2 aromatic carbocycles. The maximum absolute atomic E-state index is 15.1. The van der Waals surface area contributed by atoms with Crippen molar-refractivity contribution >= 4 is 17.7 Å². The molecule has 208 valence electrons. The van der Waals surface area contributed by atoms with Crippen molar-refractivity contribution in [1.82, 2.24) is 4.90 Å². The molecule has 0 radical (unpaired) electrons. The summed E-state index contributed by atoms with van der Waals surface area (Å²) in [5.74, 6) is -1.54. The molecule has 0 bridgehead atoms. The summed E-state index contributed by atoms with van der Waals surface area (Å²) in [6, 6.07) is 6.43. The van der Waals surface area contributed by atoms with Gasteiger partial charge in [-0.05, 0) is 76.4 Å². The van der Waals surface area contributed by atoms with Gasteiger partial charge in [-0.15, -0.1) is 0 Å². The van der Waals surface area contributed by atoms with Gasteiger partial charge in [-0.1, -0.05) is 19.9 Å². The zero-order valence-electron chi connectivity index (χ0n) is 23.2. The number of nitrogens with zero attached hydrogens (tertiary/aromatic N) is 1. The Bertz CT molecular complexity index is 1150. The van der Waals surface area contributed by atoms with E-state index in [2.05, 4.69) is 5.32 Å². The standard InChI is InChI=1S/C29H38F2N2O5/c1-8-36-17-29(6,7)24-22(30)15-19(16-23(24)31)32-26(34)25-21-11-10-20(37-9-2)14-18(21)12-13-33(25)27(35)38-28(3,4)5/h10-11,14-16,25H,8-9,12-13,17H2,1-7H3,(H,32,34)/t25-/m1/s1. The maximum atomic E-state index is 15.1. The minimum atomic E-state index is -1.07. The summed E-state index contributed by atoms with van der Waals surface area (Å²) >= 11 is 0. The van der Waals surface area contributed by atoms with Crippen LogP contribution < -0.4 is 10.1 Å². The molecule has 2 amide bonds. The van der Waals surface area contributed by atoms with Crippen LogP contribution in [0.25, 0.3) is 0 Å². The van der Waals surface area contributed by atoms with Crippen molar-refractivity contribution in [1.29, 1.82) is 0 Å². The zero-order chi connectivity index (χ0) is 28.3. The molecule has 38 heavy (non-hydrogen) atoms. The van der Waals surface area contributed by atoms with Crippen LogP contribution in [0, 0.1) is 11.6 Å². The number of carbonyl (C=O) groups is 2. The van der Waals surface area contributed by atoms with Crippen molar-refractivity contribution < 1.29 is 32.6 Å². The second-order valence-electron chi connectivity index (χ2n) is 10.9. The summed E-state index contributed by atoms with van der Waals surface area (Å²) in [5.41, 5.74) is -0.414. The first-order chi connectivity index (χ1) is 17.8. The number of rotatable bonds is 8. The molecule has 0 unspecified atom stereocenters. The number of amides is 2. The first kappa shape index (κ1) is 29.4. The Morgan fingerprint density at radius 1 is 1.03 bits per heavy atom. The zero-order valence-corrected chi connectivity index (χ0v) is 23.2. The van der Waals surface area contributed by atoms with Gasteiger partial charge in [0.2, 0.25) is 0 Å². The maximum Gasteiger partial charge on any atom is 0.411 e. The summed E-state index contributed by atoms with van der Waals surface area (Å²) in [4.78, 5) is 28.0. The molecule has 0 aliphatic carbocycles. The van der Waals surface area contributed by atoms with E-state index in [-0.39, 0.29) is 24.4 Å². The van der Waals surface area contributed by atoms with E-state index in [0.29, 0.717) is 30.9 Å². The molecule has 2 aromatic rings. The Morgan fingerprint density at radius 2 is 1.68 bits per heavy atom. The quantitative estimate of drug-likeness (QED) is 0.441. The van der Waals surface area contributed by atoms with Gasteiger partial charge in [0.15, 0.2) is 0 Å². The number of nitrogens with one attached hydrogen (secondary N) is 1.